The molecule has 1 aliphatic carbocycles. The van der Waals surface area contributed by atoms with E-state index in [2.05, 4.69) is 34.6 Å². The Labute approximate surface area is 77.7 Å². The average molecular weight is 167 g/mol. The van der Waals surface area contributed by atoms with Crippen LogP contribution in [0.4, 0.5) is 0 Å². The lowest BCUT2D eigenvalue weighted by atomic mass is 9.59. The first kappa shape index (κ1) is 10.1. The van der Waals surface area contributed by atoms with Gasteiger partial charge in [0.1, 0.15) is 0 Å². The molecule has 0 amide bonds. The predicted octanol–water partition coefficient (Wildman–Crippen LogP) is 3.77. The third kappa shape index (κ3) is 2.02. The van der Waals surface area contributed by atoms with Crippen molar-refractivity contribution in [3.63, 3.8) is 0 Å². The highest BCUT2D eigenvalue weighted by atomic mass is 14.4. The van der Waals surface area contributed by atoms with Gasteiger partial charge in [0, 0.05) is 0 Å². The average Bonchev–Trinajstić information content (AvgIpc) is 1.82. The summed E-state index contributed by atoms with van der Waals surface area (Å²) in [5.74, 6) is 4.34. The third-order valence-electron chi connectivity index (χ3n) is 3.31. The Morgan fingerprint density at radius 3 is 2.25 bits per heavy atom. The van der Waals surface area contributed by atoms with Gasteiger partial charge in [-0.2, -0.15) is 5.92 Å². The summed E-state index contributed by atoms with van der Waals surface area (Å²) in [6.45, 7) is 13.5. The molecule has 72 valence electrons. The lowest BCUT2D eigenvalue weighted by molar-refractivity contribution is 0.0370. The van der Waals surface area contributed by atoms with Crippen molar-refractivity contribution < 1.29 is 0 Å². The molecule has 0 aromatic carbocycles. The normalized spacial score (nSPS) is 38.0. The fraction of sp³-hybridized carbons (Fsp3) is 0.917. The minimum Gasteiger partial charge on any atom is -0.340 e. The molecular formula is C12H23-. The van der Waals surface area contributed by atoms with Crippen molar-refractivity contribution in [3.05, 3.63) is 6.92 Å². The Kier molecular flexibility index (Phi) is 3.20. The molecule has 1 rings (SSSR count). The number of hydrogen-bond donors (Lipinski definition) is 0. The highest BCUT2D eigenvalue weighted by Gasteiger charge is 2.37. The fourth-order valence-corrected chi connectivity index (χ4v) is 2.94. The zero-order chi connectivity index (χ0) is 9.30. The Morgan fingerprint density at radius 2 is 1.92 bits per heavy atom. The van der Waals surface area contributed by atoms with Gasteiger partial charge in [-0.3, -0.25) is 0 Å². The summed E-state index contributed by atoms with van der Waals surface area (Å²) in [5.41, 5.74) is 0. The summed E-state index contributed by atoms with van der Waals surface area (Å²) < 4.78 is 0. The van der Waals surface area contributed by atoms with Crippen LogP contribution >= 0.6 is 0 Å². The summed E-state index contributed by atoms with van der Waals surface area (Å²) in [6, 6.07) is 0. The predicted molar refractivity (Wildman–Crippen MR) is 54.7 cm³/mol. The van der Waals surface area contributed by atoms with E-state index in [1.807, 2.05) is 0 Å². The summed E-state index contributed by atoms with van der Waals surface area (Å²) in [5, 5.41) is 0. The van der Waals surface area contributed by atoms with E-state index in [1.54, 1.807) is 0 Å². The SMILES string of the molecule is [CH2-]C(C)C1C(C)CC1CC(C)C. The van der Waals surface area contributed by atoms with Gasteiger partial charge in [0.2, 0.25) is 0 Å². The van der Waals surface area contributed by atoms with Gasteiger partial charge in [0.15, 0.2) is 0 Å². The largest absolute Gasteiger partial charge is 0.340 e. The smallest absolute Gasteiger partial charge is 0.0400 e. The van der Waals surface area contributed by atoms with Gasteiger partial charge >= 0.3 is 0 Å². The van der Waals surface area contributed by atoms with Crippen LogP contribution in [0.2, 0.25) is 0 Å². The van der Waals surface area contributed by atoms with Crippen molar-refractivity contribution in [1.82, 2.24) is 0 Å². The molecule has 0 heterocycles. The van der Waals surface area contributed by atoms with E-state index >= 15 is 0 Å². The summed E-state index contributed by atoms with van der Waals surface area (Å²) in [4.78, 5) is 0. The van der Waals surface area contributed by atoms with Gasteiger partial charge in [-0.1, -0.05) is 33.6 Å². The van der Waals surface area contributed by atoms with E-state index in [-0.39, 0.29) is 0 Å². The maximum atomic E-state index is 4.17. The Bertz CT molecular complexity index is 130. The van der Waals surface area contributed by atoms with E-state index in [0.29, 0.717) is 5.92 Å². The minimum absolute atomic E-state index is 0.650. The maximum Gasteiger partial charge on any atom is -0.0400 e. The quantitative estimate of drug-likeness (QED) is 0.561. The summed E-state index contributed by atoms with van der Waals surface area (Å²) >= 11 is 0. The maximum absolute atomic E-state index is 4.17. The molecule has 0 spiro atoms. The van der Waals surface area contributed by atoms with E-state index in [0.717, 1.165) is 23.7 Å². The highest BCUT2D eigenvalue weighted by Crippen LogP contribution is 2.47. The topological polar surface area (TPSA) is 0 Å². The van der Waals surface area contributed by atoms with Crippen LogP contribution < -0.4 is 0 Å². The molecule has 0 N–H and O–H groups in total. The zero-order valence-corrected chi connectivity index (χ0v) is 9.01. The van der Waals surface area contributed by atoms with Crippen LogP contribution in [0.3, 0.4) is 0 Å². The molecule has 0 aliphatic heterocycles. The van der Waals surface area contributed by atoms with Crippen LogP contribution in [-0.4, -0.2) is 0 Å². The molecule has 0 bridgehead atoms. The molecule has 1 fully saturated rings. The molecule has 0 aromatic rings. The zero-order valence-electron chi connectivity index (χ0n) is 9.01. The van der Waals surface area contributed by atoms with Crippen molar-refractivity contribution in [1.29, 1.82) is 0 Å². The van der Waals surface area contributed by atoms with Gasteiger partial charge in [-0.25, -0.2) is 0 Å². The van der Waals surface area contributed by atoms with Gasteiger partial charge in [0.25, 0.3) is 0 Å². The Hall–Kier alpha value is 0. The molecule has 1 saturated carbocycles. The van der Waals surface area contributed by atoms with Crippen molar-refractivity contribution >= 4 is 0 Å². The molecule has 0 nitrogen and oxygen atoms in total. The minimum atomic E-state index is 0.650. The van der Waals surface area contributed by atoms with Crippen LogP contribution in [0, 0.1) is 36.5 Å². The molecule has 4 unspecified atom stereocenters. The fourth-order valence-electron chi connectivity index (χ4n) is 2.94. The molecule has 0 heteroatoms. The first-order valence-electron chi connectivity index (χ1n) is 5.35. The lowest BCUT2D eigenvalue weighted by Gasteiger charge is -2.49. The molecule has 4 atom stereocenters. The second-order valence-corrected chi connectivity index (χ2v) is 5.16. The second kappa shape index (κ2) is 3.81. The summed E-state index contributed by atoms with van der Waals surface area (Å²) in [7, 11) is 0. The Balaban J connectivity index is 2.38. The van der Waals surface area contributed by atoms with Crippen LogP contribution in [0.25, 0.3) is 0 Å². The Morgan fingerprint density at radius 1 is 1.33 bits per heavy atom. The van der Waals surface area contributed by atoms with Crippen LogP contribution in [0.15, 0.2) is 0 Å². The van der Waals surface area contributed by atoms with Crippen molar-refractivity contribution in [3.8, 4) is 0 Å². The lowest BCUT2D eigenvalue weighted by Crippen LogP contribution is -2.39. The van der Waals surface area contributed by atoms with Gasteiger partial charge < -0.3 is 6.92 Å². The van der Waals surface area contributed by atoms with Crippen LogP contribution in [0.1, 0.15) is 40.5 Å². The standard InChI is InChI=1S/C12H23/c1-8(2)6-11-7-10(5)12(11)9(3)4/h8-12H,3,6-7H2,1-2,4-5H3/q-1. The molecule has 1 aliphatic rings. The molecule has 0 aromatic heterocycles. The third-order valence-corrected chi connectivity index (χ3v) is 3.31. The van der Waals surface area contributed by atoms with Gasteiger partial charge in [-0.15, -0.1) is 0 Å². The van der Waals surface area contributed by atoms with Gasteiger partial charge in [0.05, 0.1) is 0 Å². The van der Waals surface area contributed by atoms with E-state index in [4.69, 9.17) is 0 Å². The molecule has 0 saturated heterocycles. The number of hydrogen-bond acceptors (Lipinski definition) is 0. The van der Waals surface area contributed by atoms with Crippen LogP contribution in [0.5, 0.6) is 0 Å². The first-order chi connectivity index (χ1) is 5.52. The van der Waals surface area contributed by atoms with Crippen molar-refractivity contribution in [2.75, 3.05) is 0 Å². The van der Waals surface area contributed by atoms with Crippen molar-refractivity contribution in [2.24, 2.45) is 29.6 Å². The van der Waals surface area contributed by atoms with Crippen molar-refractivity contribution in [2.45, 2.75) is 40.5 Å². The monoisotopic (exact) mass is 167 g/mol. The second-order valence-electron chi connectivity index (χ2n) is 5.16. The molecule has 0 radical (unpaired) electrons. The van der Waals surface area contributed by atoms with Crippen LogP contribution in [-0.2, 0) is 0 Å². The van der Waals surface area contributed by atoms with Gasteiger partial charge in [-0.05, 0) is 30.6 Å². The summed E-state index contributed by atoms with van der Waals surface area (Å²) in [6.07, 6.45) is 2.86. The van der Waals surface area contributed by atoms with E-state index in [1.165, 1.54) is 12.8 Å². The first-order valence-corrected chi connectivity index (χ1v) is 5.35. The van der Waals surface area contributed by atoms with E-state index in [9.17, 15) is 0 Å². The van der Waals surface area contributed by atoms with E-state index < -0.39 is 0 Å². The molecule has 12 heavy (non-hydrogen) atoms. The molecular weight excluding hydrogens is 144 g/mol. The highest BCUT2D eigenvalue weighted by molar-refractivity contribution is 4.90. The number of rotatable bonds is 3.